The third-order valence-electron chi connectivity index (χ3n) is 2.09. The van der Waals surface area contributed by atoms with Crippen LogP contribution in [0, 0.1) is 10.1 Å². The average molecular weight is 234 g/mol. The summed E-state index contributed by atoms with van der Waals surface area (Å²) in [6, 6.07) is 2.74. The number of rotatable bonds is 5. The molecule has 2 N–H and O–H groups in total. The van der Waals surface area contributed by atoms with E-state index in [9.17, 15) is 10.1 Å². The van der Waals surface area contributed by atoms with Crippen LogP contribution in [0.25, 0.3) is 0 Å². The third-order valence-corrected chi connectivity index (χ3v) is 2.09. The van der Waals surface area contributed by atoms with Gasteiger partial charge in [0, 0.05) is 25.2 Å². The number of aromatic amines is 1. The van der Waals surface area contributed by atoms with Crippen LogP contribution in [0.5, 0.6) is 0 Å². The minimum atomic E-state index is -0.455. The maximum Gasteiger partial charge on any atom is 0.274 e. The summed E-state index contributed by atoms with van der Waals surface area (Å²) in [5.41, 5.74) is 0.0159. The molecule has 0 saturated carbocycles. The van der Waals surface area contributed by atoms with Crippen molar-refractivity contribution in [2.45, 2.75) is 6.42 Å². The van der Waals surface area contributed by atoms with E-state index in [-0.39, 0.29) is 5.69 Å². The van der Waals surface area contributed by atoms with Crippen LogP contribution >= 0.6 is 0 Å². The van der Waals surface area contributed by atoms with Gasteiger partial charge in [-0.15, -0.1) is 0 Å². The number of nitrogens with zero attached hydrogens (tertiary/aromatic N) is 4. The van der Waals surface area contributed by atoms with Gasteiger partial charge in [0.15, 0.2) is 0 Å². The summed E-state index contributed by atoms with van der Waals surface area (Å²) >= 11 is 0. The zero-order chi connectivity index (χ0) is 12.1. The second kappa shape index (κ2) is 5.01. The zero-order valence-electron chi connectivity index (χ0n) is 8.83. The highest BCUT2D eigenvalue weighted by Crippen LogP contribution is 2.13. The van der Waals surface area contributed by atoms with Gasteiger partial charge in [-0.05, 0) is 0 Å². The Morgan fingerprint density at radius 3 is 3.06 bits per heavy atom. The summed E-state index contributed by atoms with van der Waals surface area (Å²) in [6.45, 7) is 0.573. The largest absolute Gasteiger partial charge is 0.369 e. The number of H-pyrrole nitrogens is 1. The molecule has 0 aromatic carbocycles. The number of nitro groups is 1. The molecule has 0 aliphatic carbocycles. The molecule has 2 aromatic rings. The van der Waals surface area contributed by atoms with Crippen LogP contribution in [0.3, 0.4) is 0 Å². The molecule has 0 aliphatic heterocycles. The van der Waals surface area contributed by atoms with Gasteiger partial charge in [0.1, 0.15) is 18.0 Å². The van der Waals surface area contributed by atoms with E-state index in [0.717, 1.165) is 5.82 Å². The van der Waals surface area contributed by atoms with Crippen LogP contribution in [0.2, 0.25) is 0 Å². The molecule has 0 unspecified atom stereocenters. The smallest absolute Gasteiger partial charge is 0.274 e. The molecule has 8 nitrogen and oxygen atoms in total. The number of pyridine rings is 1. The topological polar surface area (TPSA) is 110 Å². The molecule has 0 saturated heterocycles. The molecular weight excluding hydrogens is 224 g/mol. The van der Waals surface area contributed by atoms with E-state index < -0.39 is 4.92 Å². The molecule has 2 aromatic heterocycles. The van der Waals surface area contributed by atoms with Gasteiger partial charge in [-0.1, -0.05) is 0 Å². The van der Waals surface area contributed by atoms with E-state index in [1.165, 1.54) is 24.7 Å². The van der Waals surface area contributed by atoms with Crippen molar-refractivity contribution in [3.8, 4) is 0 Å². The van der Waals surface area contributed by atoms with Crippen LogP contribution in [0.4, 0.5) is 11.5 Å². The molecule has 0 atom stereocenters. The van der Waals surface area contributed by atoms with Gasteiger partial charge < -0.3 is 5.32 Å². The molecule has 0 radical (unpaired) electrons. The van der Waals surface area contributed by atoms with Gasteiger partial charge >= 0.3 is 0 Å². The Hall–Kier alpha value is -2.51. The summed E-state index contributed by atoms with van der Waals surface area (Å²) in [7, 11) is 0. The number of hydrogen-bond donors (Lipinski definition) is 2. The van der Waals surface area contributed by atoms with Crippen LogP contribution in [-0.4, -0.2) is 31.6 Å². The second-order valence-corrected chi connectivity index (χ2v) is 3.27. The van der Waals surface area contributed by atoms with Gasteiger partial charge in [0.05, 0.1) is 11.0 Å². The Morgan fingerprint density at radius 2 is 2.35 bits per heavy atom. The van der Waals surface area contributed by atoms with E-state index in [1.807, 2.05) is 0 Å². The SMILES string of the molecule is O=[N+]([O-])c1ccnc(NCCc2ncn[nH]2)c1. The first kappa shape index (κ1) is 11.0. The lowest BCUT2D eigenvalue weighted by molar-refractivity contribution is -0.384. The summed E-state index contributed by atoms with van der Waals surface area (Å²) in [5, 5.41) is 20.0. The maximum absolute atomic E-state index is 10.5. The molecule has 2 rings (SSSR count). The summed E-state index contributed by atoms with van der Waals surface area (Å²) in [5.74, 6) is 1.22. The number of aromatic nitrogens is 4. The van der Waals surface area contributed by atoms with Crippen molar-refractivity contribution in [2.75, 3.05) is 11.9 Å². The molecule has 0 fully saturated rings. The van der Waals surface area contributed by atoms with E-state index in [2.05, 4.69) is 25.5 Å². The number of anilines is 1. The molecule has 0 aliphatic rings. The normalized spacial score (nSPS) is 10.1. The van der Waals surface area contributed by atoms with Crippen LogP contribution in [0.1, 0.15) is 5.82 Å². The van der Waals surface area contributed by atoms with Gasteiger partial charge in [0.2, 0.25) is 0 Å². The Bertz CT molecular complexity index is 498. The highest BCUT2D eigenvalue weighted by atomic mass is 16.6. The van der Waals surface area contributed by atoms with E-state index in [0.29, 0.717) is 18.8 Å². The van der Waals surface area contributed by atoms with E-state index >= 15 is 0 Å². The summed E-state index contributed by atoms with van der Waals surface area (Å²) in [6.07, 6.45) is 3.47. The predicted octanol–water partition coefficient (Wildman–Crippen LogP) is 0.762. The first-order chi connectivity index (χ1) is 8.25. The fraction of sp³-hybridized carbons (Fsp3) is 0.222. The van der Waals surface area contributed by atoms with Gasteiger partial charge in [-0.3, -0.25) is 15.2 Å². The molecule has 8 heteroatoms. The first-order valence-corrected chi connectivity index (χ1v) is 4.94. The van der Waals surface area contributed by atoms with Crippen molar-refractivity contribution in [3.63, 3.8) is 0 Å². The molecule has 2 heterocycles. The van der Waals surface area contributed by atoms with Crippen molar-refractivity contribution in [3.05, 3.63) is 40.6 Å². The van der Waals surface area contributed by atoms with Crippen LogP contribution in [0.15, 0.2) is 24.7 Å². The Balaban J connectivity index is 1.90. The highest BCUT2D eigenvalue weighted by molar-refractivity contribution is 5.44. The van der Waals surface area contributed by atoms with Crippen molar-refractivity contribution in [2.24, 2.45) is 0 Å². The van der Waals surface area contributed by atoms with Crippen molar-refractivity contribution in [1.82, 2.24) is 20.2 Å². The van der Waals surface area contributed by atoms with Gasteiger partial charge in [0.25, 0.3) is 5.69 Å². The standard InChI is InChI=1S/C9H10N6O2/c16-15(17)7-1-3-10-9(5-7)11-4-2-8-12-6-13-14-8/h1,3,5-6H,2,4H2,(H,10,11)(H,12,13,14). The van der Waals surface area contributed by atoms with Crippen LogP contribution in [-0.2, 0) is 6.42 Å². The first-order valence-electron chi connectivity index (χ1n) is 4.94. The van der Waals surface area contributed by atoms with E-state index in [1.54, 1.807) is 0 Å². The zero-order valence-corrected chi connectivity index (χ0v) is 8.83. The van der Waals surface area contributed by atoms with Gasteiger partial charge in [-0.25, -0.2) is 9.97 Å². The van der Waals surface area contributed by atoms with Crippen molar-refractivity contribution >= 4 is 11.5 Å². The maximum atomic E-state index is 10.5. The quantitative estimate of drug-likeness (QED) is 0.583. The monoisotopic (exact) mass is 234 g/mol. The lowest BCUT2D eigenvalue weighted by Gasteiger charge is -2.03. The molecule has 0 spiro atoms. The summed E-state index contributed by atoms with van der Waals surface area (Å²) < 4.78 is 0. The van der Waals surface area contributed by atoms with Crippen molar-refractivity contribution < 1.29 is 4.92 Å². The minimum Gasteiger partial charge on any atom is -0.369 e. The predicted molar refractivity (Wildman–Crippen MR) is 59.5 cm³/mol. The molecule has 88 valence electrons. The summed E-state index contributed by atoms with van der Waals surface area (Å²) in [4.78, 5) is 18.0. The molecule has 0 bridgehead atoms. The highest BCUT2D eigenvalue weighted by Gasteiger charge is 2.06. The third kappa shape index (κ3) is 2.97. The molecule has 17 heavy (non-hydrogen) atoms. The average Bonchev–Trinajstić information content (AvgIpc) is 2.82. The Morgan fingerprint density at radius 1 is 1.47 bits per heavy atom. The van der Waals surface area contributed by atoms with Gasteiger partial charge in [-0.2, -0.15) is 5.10 Å². The lowest BCUT2D eigenvalue weighted by atomic mass is 10.3. The lowest BCUT2D eigenvalue weighted by Crippen LogP contribution is -2.07. The number of hydrogen-bond acceptors (Lipinski definition) is 6. The minimum absolute atomic E-state index is 0.0159. The van der Waals surface area contributed by atoms with E-state index in [4.69, 9.17) is 0 Å². The Kier molecular flexibility index (Phi) is 3.24. The second-order valence-electron chi connectivity index (χ2n) is 3.27. The number of nitrogens with one attached hydrogen (secondary N) is 2. The van der Waals surface area contributed by atoms with Crippen LogP contribution < -0.4 is 5.32 Å². The molecule has 0 amide bonds. The Labute approximate surface area is 96.3 Å². The fourth-order valence-electron chi connectivity index (χ4n) is 1.29. The fourth-order valence-corrected chi connectivity index (χ4v) is 1.29. The molecular formula is C9H10N6O2. The van der Waals surface area contributed by atoms with Crippen molar-refractivity contribution in [1.29, 1.82) is 0 Å².